The largest absolute Gasteiger partial charge is 0.383 e. The summed E-state index contributed by atoms with van der Waals surface area (Å²) in [5.74, 6) is 1.18. The third-order valence-corrected chi connectivity index (χ3v) is 8.39. The number of H-pyrrole nitrogens is 1. The van der Waals surface area contributed by atoms with Gasteiger partial charge in [-0.3, -0.25) is 4.90 Å². The van der Waals surface area contributed by atoms with Crippen molar-refractivity contribution in [3.63, 3.8) is 0 Å². The van der Waals surface area contributed by atoms with E-state index in [9.17, 15) is 0 Å². The lowest BCUT2D eigenvalue weighted by Crippen LogP contribution is -2.49. The summed E-state index contributed by atoms with van der Waals surface area (Å²) in [6.45, 7) is 4.67. The number of nitrogens with two attached hydrogens (primary N) is 1. The minimum Gasteiger partial charge on any atom is -0.383 e. The third-order valence-electron chi connectivity index (χ3n) is 8.39. The zero-order chi connectivity index (χ0) is 26.3. The summed E-state index contributed by atoms with van der Waals surface area (Å²) in [7, 11) is 2.22. The summed E-state index contributed by atoms with van der Waals surface area (Å²) < 4.78 is 2.11. The van der Waals surface area contributed by atoms with Crippen LogP contribution < -0.4 is 11.1 Å². The van der Waals surface area contributed by atoms with E-state index in [1.165, 1.54) is 25.9 Å². The predicted octanol–water partition coefficient (Wildman–Crippen LogP) is 4.43. The molecule has 0 spiro atoms. The van der Waals surface area contributed by atoms with E-state index in [2.05, 4.69) is 58.9 Å². The quantitative estimate of drug-likeness (QED) is 0.310. The minimum absolute atomic E-state index is 0.313. The molecule has 1 aliphatic carbocycles. The number of likely N-dealkylation sites (N-methyl/N-ethyl adjacent to an activating group) is 1. The van der Waals surface area contributed by atoms with Crippen LogP contribution in [0.3, 0.4) is 0 Å². The molecular formula is C29H34N10. The Hall–Kier alpha value is -4.02. The first-order valence-electron chi connectivity index (χ1n) is 13.9. The van der Waals surface area contributed by atoms with Crippen LogP contribution in [0.1, 0.15) is 31.7 Å². The van der Waals surface area contributed by atoms with Crippen LogP contribution in [-0.2, 0) is 0 Å². The summed E-state index contributed by atoms with van der Waals surface area (Å²) in [6.07, 6.45) is 6.12. The number of anilines is 3. The molecule has 1 saturated heterocycles. The number of hydrogen-bond donors (Lipinski definition) is 3. The van der Waals surface area contributed by atoms with Gasteiger partial charge >= 0.3 is 0 Å². The average molecular weight is 523 g/mol. The molecular weight excluding hydrogens is 488 g/mol. The number of fused-ring (bicyclic) bond motifs is 2. The van der Waals surface area contributed by atoms with Crippen molar-refractivity contribution in [2.24, 2.45) is 0 Å². The number of aromatic nitrogens is 6. The summed E-state index contributed by atoms with van der Waals surface area (Å²) in [6, 6.07) is 17.2. The Kier molecular flexibility index (Phi) is 6.13. The SMILES string of the molecule is CN1CCN(C2CCC(n3nc(-c4ccc(Nc5nc6ccccc6[nH]5)cc4)c4c(N)ncnc43)CC2)CC1. The standard InChI is InChI=1S/C29H34N10/c1-37-14-16-38(17-15-37)21-10-12-22(13-11-21)39-28-25(27(30)31-18-32-28)26(36-39)19-6-8-20(9-7-19)33-29-34-23-4-2-3-5-24(23)35-29/h2-9,18,21-22H,10-17H2,1H3,(H2,30,31,32)(H2,33,34,35). The van der Waals surface area contributed by atoms with Gasteiger partial charge in [0, 0.05) is 43.5 Å². The number of nitrogens with one attached hydrogen (secondary N) is 2. The summed E-state index contributed by atoms with van der Waals surface area (Å²) in [5.41, 5.74) is 11.9. The van der Waals surface area contributed by atoms with Crippen LogP contribution in [0.5, 0.6) is 0 Å². The van der Waals surface area contributed by atoms with E-state index < -0.39 is 0 Å². The number of rotatable bonds is 5. The Labute approximate surface area is 227 Å². The molecule has 3 aromatic heterocycles. The minimum atomic E-state index is 0.313. The number of piperazine rings is 1. The van der Waals surface area contributed by atoms with Crippen LogP contribution in [0.25, 0.3) is 33.3 Å². The van der Waals surface area contributed by atoms with Gasteiger partial charge in [0.2, 0.25) is 5.95 Å². The molecule has 0 amide bonds. The Morgan fingerprint density at radius 1 is 0.897 bits per heavy atom. The van der Waals surface area contributed by atoms with Crippen LogP contribution in [0, 0.1) is 0 Å². The average Bonchev–Trinajstić information content (AvgIpc) is 3.56. The molecule has 0 unspecified atom stereocenters. The third kappa shape index (κ3) is 4.59. The molecule has 1 aliphatic heterocycles. The molecule has 0 radical (unpaired) electrons. The van der Waals surface area contributed by atoms with Crippen LogP contribution >= 0.6 is 0 Å². The van der Waals surface area contributed by atoms with Crippen molar-refractivity contribution in [1.29, 1.82) is 0 Å². The number of benzene rings is 2. The first-order chi connectivity index (χ1) is 19.1. The number of imidazole rings is 1. The second kappa shape index (κ2) is 9.94. The lowest BCUT2D eigenvalue weighted by Gasteiger charge is -2.41. The second-order valence-corrected chi connectivity index (χ2v) is 10.9. The van der Waals surface area contributed by atoms with E-state index in [1.807, 2.05) is 36.4 Å². The maximum absolute atomic E-state index is 6.40. The predicted molar refractivity (Wildman–Crippen MR) is 155 cm³/mol. The molecule has 4 heterocycles. The van der Waals surface area contributed by atoms with E-state index in [1.54, 1.807) is 6.33 Å². The molecule has 0 bridgehead atoms. The molecule has 2 aliphatic rings. The van der Waals surface area contributed by atoms with Gasteiger partial charge in [-0.2, -0.15) is 5.10 Å². The first kappa shape index (κ1) is 24.1. The van der Waals surface area contributed by atoms with Crippen LogP contribution in [0.15, 0.2) is 54.9 Å². The lowest BCUT2D eigenvalue weighted by molar-refractivity contribution is 0.0815. The summed E-state index contributed by atoms with van der Waals surface area (Å²) in [4.78, 5) is 22.0. The monoisotopic (exact) mass is 522 g/mol. The van der Waals surface area contributed by atoms with E-state index in [0.717, 1.165) is 64.9 Å². The molecule has 39 heavy (non-hydrogen) atoms. The van der Waals surface area contributed by atoms with Gasteiger partial charge < -0.3 is 20.9 Å². The molecule has 10 heteroatoms. The number of para-hydroxylation sites is 2. The highest BCUT2D eigenvalue weighted by atomic mass is 15.3. The highest BCUT2D eigenvalue weighted by Crippen LogP contribution is 2.37. The maximum Gasteiger partial charge on any atom is 0.205 e. The number of nitrogens with zero attached hydrogens (tertiary/aromatic N) is 7. The molecule has 10 nitrogen and oxygen atoms in total. The fourth-order valence-corrected chi connectivity index (χ4v) is 6.17. The van der Waals surface area contributed by atoms with Gasteiger partial charge in [0.25, 0.3) is 0 Å². The van der Waals surface area contributed by atoms with E-state index >= 15 is 0 Å². The van der Waals surface area contributed by atoms with E-state index in [-0.39, 0.29) is 0 Å². The molecule has 2 aromatic carbocycles. The van der Waals surface area contributed by atoms with Crippen LogP contribution in [0.2, 0.25) is 0 Å². The van der Waals surface area contributed by atoms with Crippen molar-refractivity contribution in [2.75, 3.05) is 44.3 Å². The normalized spacial score (nSPS) is 21.1. The molecule has 0 atom stereocenters. The van der Waals surface area contributed by atoms with Crippen LogP contribution in [0.4, 0.5) is 17.5 Å². The molecule has 4 N–H and O–H groups in total. The Bertz CT molecular complexity index is 1550. The summed E-state index contributed by atoms with van der Waals surface area (Å²) >= 11 is 0. The lowest BCUT2D eigenvalue weighted by atomic mass is 9.90. The number of hydrogen-bond acceptors (Lipinski definition) is 8. The van der Waals surface area contributed by atoms with Crippen molar-refractivity contribution >= 4 is 39.5 Å². The molecule has 200 valence electrons. The van der Waals surface area contributed by atoms with Gasteiger partial charge in [-0.05, 0) is 57.0 Å². The van der Waals surface area contributed by atoms with Crippen LogP contribution in [-0.4, -0.2) is 78.8 Å². The summed E-state index contributed by atoms with van der Waals surface area (Å²) in [5, 5.41) is 9.30. The van der Waals surface area contributed by atoms with Crippen molar-refractivity contribution in [1.82, 2.24) is 39.5 Å². The highest BCUT2D eigenvalue weighted by molar-refractivity contribution is 5.98. The molecule has 7 rings (SSSR count). The highest BCUT2D eigenvalue weighted by Gasteiger charge is 2.30. The Morgan fingerprint density at radius 2 is 1.64 bits per heavy atom. The van der Waals surface area contributed by atoms with Gasteiger partial charge in [-0.15, -0.1) is 0 Å². The van der Waals surface area contributed by atoms with Crippen molar-refractivity contribution in [3.05, 3.63) is 54.9 Å². The smallest absolute Gasteiger partial charge is 0.205 e. The van der Waals surface area contributed by atoms with Crippen molar-refractivity contribution in [2.45, 2.75) is 37.8 Å². The van der Waals surface area contributed by atoms with Crippen molar-refractivity contribution in [3.8, 4) is 11.3 Å². The maximum atomic E-state index is 6.40. The van der Waals surface area contributed by atoms with Gasteiger partial charge in [-0.1, -0.05) is 24.3 Å². The van der Waals surface area contributed by atoms with E-state index in [0.29, 0.717) is 23.8 Å². The Morgan fingerprint density at radius 3 is 2.41 bits per heavy atom. The van der Waals surface area contributed by atoms with Gasteiger partial charge in [0.1, 0.15) is 17.8 Å². The zero-order valence-electron chi connectivity index (χ0n) is 22.2. The molecule has 5 aromatic rings. The topological polar surface area (TPSA) is 117 Å². The fourth-order valence-electron chi connectivity index (χ4n) is 6.17. The molecule has 2 fully saturated rings. The number of aromatic amines is 1. The van der Waals surface area contributed by atoms with Gasteiger partial charge in [0.05, 0.1) is 22.5 Å². The van der Waals surface area contributed by atoms with E-state index in [4.69, 9.17) is 10.8 Å². The van der Waals surface area contributed by atoms with Gasteiger partial charge in [-0.25, -0.2) is 19.6 Å². The van der Waals surface area contributed by atoms with Crippen molar-refractivity contribution < 1.29 is 0 Å². The van der Waals surface area contributed by atoms with Gasteiger partial charge in [0.15, 0.2) is 5.65 Å². The second-order valence-electron chi connectivity index (χ2n) is 10.9. The molecule has 1 saturated carbocycles. The first-order valence-corrected chi connectivity index (χ1v) is 13.9. The zero-order valence-corrected chi connectivity index (χ0v) is 22.2. The Balaban J connectivity index is 1.12. The fraction of sp³-hybridized carbons (Fsp3) is 0.379. The number of nitrogen functional groups attached to an aromatic ring is 1.